The van der Waals surface area contributed by atoms with E-state index < -0.39 is 24.1 Å². The SMILES string of the molecule is C=CC(=O)OCC(O)COC(=O)[C@@H]1CCC(=O)N1. The Hall–Kier alpha value is -1.89. The van der Waals surface area contributed by atoms with Gasteiger partial charge < -0.3 is 19.9 Å². The molecule has 1 aliphatic rings. The highest BCUT2D eigenvalue weighted by Crippen LogP contribution is 2.08. The molecule has 0 bridgehead atoms. The molecular formula is C11H15NO6. The molecule has 100 valence electrons. The monoisotopic (exact) mass is 257 g/mol. The number of carbonyl (C=O) groups is 3. The summed E-state index contributed by atoms with van der Waals surface area (Å²) < 4.78 is 9.34. The predicted octanol–water partition coefficient (Wildman–Crippen LogP) is -1.10. The molecule has 1 unspecified atom stereocenters. The third kappa shape index (κ3) is 4.54. The molecule has 0 aromatic rings. The van der Waals surface area contributed by atoms with E-state index in [-0.39, 0.29) is 19.1 Å². The van der Waals surface area contributed by atoms with E-state index in [0.717, 1.165) is 6.08 Å². The van der Waals surface area contributed by atoms with Crippen LogP contribution in [0.25, 0.3) is 0 Å². The van der Waals surface area contributed by atoms with Crippen molar-refractivity contribution >= 4 is 17.8 Å². The first-order valence-electron chi connectivity index (χ1n) is 5.46. The van der Waals surface area contributed by atoms with Gasteiger partial charge in [0.25, 0.3) is 0 Å². The molecule has 7 nitrogen and oxygen atoms in total. The van der Waals surface area contributed by atoms with Gasteiger partial charge in [0, 0.05) is 12.5 Å². The summed E-state index contributed by atoms with van der Waals surface area (Å²) in [6, 6.07) is -0.652. The minimum atomic E-state index is -1.10. The van der Waals surface area contributed by atoms with E-state index in [4.69, 9.17) is 4.74 Å². The molecule has 0 aromatic heterocycles. The van der Waals surface area contributed by atoms with Gasteiger partial charge in [0.2, 0.25) is 5.91 Å². The van der Waals surface area contributed by atoms with Gasteiger partial charge in [-0.1, -0.05) is 6.58 Å². The van der Waals surface area contributed by atoms with Gasteiger partial charge in [-0.15, -0.1) is 0 Å². The molecule has 1 aliphatic heterocycles. The Morgan fingerprint density at radius 3 is 2.72 bits per heavy atom. The molecule has 0 radical (unpaired) electrons. The average molecular weight is 257 g/mol. The van der Waals surface area contributed by atoms with Crippen molar-refractivity contribution in [3.05, 3.63) is 12.7 Å². The molecule has 0 aromatic carbocycles. The van der Waals surface area contributed by atoms with Crippen LogP contribution in [0.3, 0.4) is 0 Å². The lowest BCUT2D eigenvalue weighted by Gasteiger charge is -2.13. The van der Waals surface area contributed by atoms with Crippen LogP contribution in [0.5, 0.6) is 0 Å². The number of ether oxygens (including phenoxy) is 2. The Kier molecular flexibility index (Phi) is 5.31. The highest BCUT2D eigenvalue weighted by Gasteiger charge is 2.28. The largest absolute Gasteiger partial charge is 0.461 e. The highest BCUT2D eigenvalue weighted by atomic mass is 16.6. The van der Waals surface area contributed by atoms with Gasteiger partial charge in [-0.05, 0) is 6.42 Å². The second kappa shape index (κ2) is 6.75. The molecule has 1 heterocycles. The predicted molar refractivity (Wildman–Crippen MR) is 59.3 cm³/mol. The molecule has 0 spiro atoms. The van der Waals surface area contributed by atoms with E-state index in [1.54, 1.807) is 0 Å². The van der Waals surface area contributed by atoms with Gasteiger partial charge in [-0.2, -0.15) is 0 Å². The number of carbonyl (C=O) groups excluding carboxylic acids is 3. The van der Waals surface area contributed by atoms with Crippen LogP contribution < -0.4 is 5.32 Å². The molecule has 2 N–H and O–H groups in total. The summed E-state index contributed by atoms with van der Waals surface area (Å²) in [6.07, 6.45) is 0.542. The summed E-state index contributed by atoms with van der Waals surface area (Å²) >= 11 is 0. The van der Waals surface area contributed by atoms with Crippen molar-refractivity contribution in [2.45, 2.75) is 25.0 Å². The van der Waals surface area contributed by atoms with Gasteiger partial charge in [0.1, 0.15) is 25.4 Å². The first kappa shape index (κ1) is 14.2. The number of esters is 2. The van der Waals surface area contributed by atoms with Crippen LogP contribution in [-0.4, -0.2) is 48.3 Å². The Labute approximate surface area is 104 Å². The van der Waals surface area contributed by atoms with E-state index in [1.807, 2.05) is 0 Å². The zero-order valence-electron chi connectivity index (χ0n) is 9.76. The van der Waals surface area contributed by atoms with Crippen molar-refractivity contribution in [2.24, 2.45) is 0 Å². The number of rotatable bonds is 6. The molecule has 1 amide bonds. The lowest BCUT2D eigenvalue weighted by atomic mass is 10.2. The fourth-order valence-corrected chi connectivity index (χ4v) is 1.36. The first-order chi connectivity index (χ1) is 8.52. The Morgan fingerprint density at radius 1 is 1.50 bits per heavy atom. The van der Waals surface area contributed by atoms with E-state index in [9.17, 15) is 19.5 Å². The smallest absolute Gasteiger partial charge is 0.330 e. The van der Waals surface area contributed by atoms with Crippen LogP contribution in [0, 0.1) is 0 Å². The minimum absolute atomic E-state index is 0.197. The van der Waals surface area contributed by atoms with Crippen molar-refractivity contribution in [3.8, 4) is 0 Å². The summed E-state index contributed by atoms with van der Waals surface area (Å²) in [5.74, 6) is -1.46. The molecular weight excluding hydrogens is 242 g/mol. The van der Waals surface area contributed by atoms with E-state index in [0.29, 0.717) is 12.8 Å². The van der Waals surface area contributed by atoms with Crippen molar-refractivity contribution in [3.63, 3.8) is 0 Å². The summed E-state index contributed by atoms with van der Waals surface area (Å²) in [5, 5.41) is 11.8. The summed E-state index contributed by atoms with van der Waals surface area (Å²) in [4.78, 5) is 33.0. The summed E-state index contributed by atoms with van der Waals surface area (Å²) in [7, 11) is 0. The number of nitrogens with one attached hydrogen (secondary N) is 1. The van der Waals surface area contributed by atoms with Crippen molar-refractivity contribution in [1.29, 1.82) is 0 Å². The molecule has 1 saturated heterocycles. The van der Waals surface area contributed by atoms with E-state index >= 15 is 0 Å². The van der Waals surface area contributed by atoms with Crippen LogP contribution in [0.1, 0.15) is 12.8 Å². The molecule has 1 fully saturated rings. The van der Waals surface area contributed by atoms with Crippen LogP contribution >= 0.6 is 0 Å². The van der Waals surface area contributed by atoms with Crippen LogP contribution in [0.4, 0.5) is 0 Å². The zero-order chi connectivity index (χ0) is 13.5. The maximum atomic E-state index is 11.4. The second-order valence-electron chi connectivity index (χ2n) is 3.78. The third-order valence-electron chi connectivity index (χ3n) is 2.28. The van der Waals surface area contributed by atoms with Crippen molar-refractivity contribution in [2.75, 3.05) is 13.2 Å². The van der Waals surface area contributed by atoms with Crippen LogP contribution in [0.15, 0.2) is 12.7 Å². The number of amides is 1. The second-order valence-corrected chi connectivity index (χ2v) is 3.78. The molecule has 0 aliphatic carbocycles. The standard InChI is InChI=1S/C11H15NO6/c1-2-10(15)17-5-7(13)6-18-11(16)8-3-4-9(14)12-8/h2,7-8,13H,1,3-6H2,(H,12,14)/t7?,8-/m0/s1. The topological polar surface area (TPSA) is 102 Å². The number of aliphatic hydroxyl groups is 1. The molecule has 7 heteroatoms. The van der Waals surface area contributed by atoms with E-state index in [1.165, 1.54) is 0 Å². The Morgan fingerprint density at radius 2 is 2.17 bits per heavy atom. The fourth-order valence-electron chi connectivity index (χ4n) is 1.36. The summed E-state index contributed by atoms with van der Waals surface area (Å²) in [5.41, 5.74) is 0. The van der Waals surface area contributed by atoms with Crippen molar-refractivity contribution in [1.82, 2.24) is 5.32 Å². The third-order valence-corrected chi connectivity index (χ3v) is 2.28. The normalized spacial score (nSPS) is 19.8. The number of hydrogen-bond acceptors (Lipinski definition) is 6. The lowest BCUT2D eigenvalue weighted by molar-refractivity contribution is -0.152. The first-order valence-corrected chi connectivity index (χ1v) is 5.46. The van der Waals surface area contributed by atoms with E-state index in [2.05, 4.69) is 16.6 Å². The van der Waals surface area contributed by atoms with Gasteiger partial charge >= 0.3 is 11.9 Å². The summed E-state index contributed by atoms with van der Waals surface area (Å²) in [6.45, 7) is 2.61. The molecule has 0 saturated carbocycles. The highest BCUT2D eigenvalue weighted by molar-refractivity contribution is 5.88. The average Bonchev–Trinajstić information content (AvgIpc) is 2.79. The Bertz CT molecular complexity index is 353. The maximum Gasteiger partial charge on any atom is 0.330 e. The van der Waals surface area contributed by atoms with Crippen LogP contribution in [0.2, 0.25) is 0 Å². The number of hydrogen-bond donors (Lipinski definition) is 2. The Balaban J connectivity index is 2.19. The molecule has 18 heavy (non-hydrogen) atoms. The quantitative estimate of drug-likeness (QED) is 0.462. The zero-order valence-corrected chi connectivity index (χ0v) is 9.76. The molecule has 2 atom stereocenters. The van der Waals surface area contributed by atoms with Crippen molar-refractivity contribution < 1.29 is 29.0 Å². The van der Waals surface area contributed by atoms with Gasteiger partial charge in [0.05, 0.1) is 0 Å². The minimum Gasteiger partial charge on any atom is -0.461 e. The van der Waals surface area contributed by atoms with Crippen LogP contribution in [-0.2, 0) is 23.9 Å². The number of aliphatic hydroxyl groups excluding tert-OH is 1. The lowest BCUT2D eigenvalue weighted by Crippen LogP contribution is -2.36. The maximum absolute atomic E-state index is 11.4. The van der Waals surface area contributed by atoms with Gasteiger partial charge in [0.15, 0.2) is 0 Å². The van der Waals surface area contributed by atoms with Gasteiger partial charge in [-0.3, -0.25) is 4.79 Å². The van der Waals surface area contributed by atoms with Gasteiger partial charge in [-0.25, -0.2) is 9.59 Å². The molecule has 1 rings (SSSR count). The fraction of sp³-hybridized carbons (Fsp3) is 0.545.